The van der Waals surface area contributed by atoms with Gasteiger partial charge in [-0.2, -0.15) is 0 Å². The van der Waals surface area contributed by atoms with Gasteiger partial charge in [0.05, 0.1) is 11.2 Å². The normalized spacial score (nSPS) is 36.9. The summed E-state index contributed by atoms with van der Waals surface area (Å²) in [6, 6.07) is 1.49. The molecule has 0 radical (unpaired) electrons. The first-order chi connectivity index (χ1) is 8.78. The van der Waals surface area contributed by atoms with Crippen molar-refractivity contribution >= 4 is 7.12 Å². The molecule has 106 valence electrons. The van der Waals surface area contributed by atoms with Crippen molar-refractivity contribution in [1.82, 2.24) is 4.90 Å². The van der Waals surface area contributed by atoms with Gasteiger partial charge in [-0.3, -0.25) is 4.90 Å². The molecular weight excluding hydrogens is 237 g/mol. The van der Waals surface area contributed by atoms with Gasteiger partial charge in [0.1, 0.15) is 0 Å². The lowest BCUT2D eigenvalue weighted by Gasteiger charge is -2.33. The Morgan fingerprint density at radius 1 is 1.05 bits per heavy atom. The summed E-state index contributed by atoms with van der Waals surface area (Å²) in [5.41, 5.74) is 1.09. The van der Waals surface area contributed by atoms with Crippen LogP contribution in [0.4, 0.5) is 0 Å². The minimum Gasteiger partial charge on any atom is -0.400 e. The summed E-state index contributed by atoms with van der Waals surface area (Å²) < 4.78 is 12.1. The third-order valence-corrected chi connectivity index (χ3v) is 5.62. The summed E-state index contributed by atoms with van der Waals surface area (Å²) in [5.74, 6) is 2.24. The van der Waals surface area contributed by atoms with Gasteiger partial charge in [0.15, 0.2) is 0 Å². The Morgan fingerprint density at radius 2 is 1.53 bits per heavy atom. The van der Waals surface area contributed by atoms with Crippen LogP contribution in [0.25, 0.3) is 0 Å². The van der Waals surface area contributed by atoms with Gasteiger partial charge in [0.25, 0.3) is 0 Å². The zero-order valence-electron chi connectivity index (χ0n) is 12.9. The summed E-state index contributed by atoms with van der Waals surface area (Å²) >= 11 is 0. The molecule has 19 heavy (non-hydrogen) atoms. The van der Waals surface area contributed by atoms with Gasteiger partial charge < -0.3 is 9.31 Å². The van der Waals surface area contributed by atoms with E-state index < -0.39 is 0 Å². The first-order valence-electron chi connectivity index (χ1n) is 7.56. The number of hydrogen-bond acceptors (Lipinski definition) is 3. The molecule has 3 aliphatic heterocycles. The third-order valence-electron chi connectivity index (χ3n) is 5.62. The van der Waals surface area contributed by atoms with Crippen molar-refractivity contribution in [2.75, 3.05) is 7.05 Å². The second kappa shape index (κ2) is 4.34. The number of hydrogen-bond donors (Lipinski definition) is 0. The van der Waals surface area contributed by atoms with Crippen LogP contribution in [0.2, 0.25) is 0 Å². The standard InChI is InChI=1S/C15H26BNO2/c1-14(2)15(3,4)19-16(18-14)10-11-8-12-6-7-13(9-11)17(12)5/h10,12-13H,6-9H2,1-5H3. The predicted molar refractivity (Wildman–Crippen MR) is 78.0 cm³/mol. The second-order valence-electron chi connectivity index (χ2n) is 7.41. The molecule has 0 saturated carbocycles. The number of rotatable bonds is 1. The maximum atomic E-state index is 6.07. The summed E-state index contributed by atoms with van der Waals surface area (Å²) in [6.07, 6.45) is 5.08. The van der Waals surface area contributed by atoms with Gasteiger partial charge in [0.2, 0.25) is 0 Å². The van der Waals surface area contributed by atoms with Crippen LogP contribution >= 0.6 is 0 Å². The maximum Gasteiger partial charge on any atom is 0.487 e. The highest BCUT2D eigenvalue weighted by atomic mass is 16.7. The van der Waals surface area contributed by atoms with Gasteiger partial charge in [-0.05, 0) is 60.4 Å². The van der Waals surface area contributed by atoms with E-state index in [0.717, 1.165) is 12.1 Å². The Morgan fingerprint density at radius 3 is 2.00 bits per heavy atom. The second-order valence-corrected chi connectivity index (χ2v) is 7.41. The molecule has 2 atom stereocenters. The van der Waals surface area contributed by atoms with E-state index in [2.05, 4.69) is 45.6 Å². The van der Waals surface area contributed by atoms with Crippen LogP contribution in [0.15, 0.2) is 11.5 Å². The lowest BCUT2D eigenvalue weighted by Crippen LogP contribution is -2.41. The van der Waals surface area contributed by atoms with Gasteiger partial charge in [-0.25, -0.2) is 0 Å². The van der Waals surface area contributed by atoms with Gasteiger partial charge in [-0.1, -0.05) is 11.5 Å². The largest absolute Gasteiger partial charge is 0.487 e. The summed E-state index contributed by atoms with van der Waals surface area (Å²) in [7, 11) is 2.11. The summed E-state index contributed by atoms with van der Waals surface area (Å²) in [6.45, 7) is 8.46. The monoisotopic (exact) mass is 263 g/mol. The molecule has 2 unspecified atom stereocenters. The van der Waals surface area contributed by atoms with Crippen molar-refractivity contribution in [3.05, 3.63) is 11.5 Å². The van der Waals surface area contributed by atoms with Crippen molar-refractivity contribution < 1.29 is 9.31 Å². The predicted octanol–water partition coefficient (Wildman–Crippen LogP) is 2.80. The average Bonchev–Trinajstić information content (AvgIpc) is 2.62. The topological polar surface area (TPSA) is 21.7 Å². The van der Waals surface area contributed by atoms with E-state index in [1.54, 1.807) is 0 Å². The van der Waals surface area contributed by atoms with Gasteiger partial charge >= 0.3 is 7.12 Å². The van der Waals surface area contributed by atoms with Crippen LogP contribution in [0, 0.1) is 0 Å². The van der Waals surface area contributed by atoms with Crippen LogP contribution in [0.5, 0.6) is 0 Å². The van der Waals surface area contributed by atoms with E-state index >= 15 is 0 Å². The molecule has 0 spiro atoms. The van der Waals surface area contributed by atoms with Crippen molar-refractivity contribution in [1.29, 1.82) is 0 Å². The smallest absolute Gasteiger partial charge is 0.400 e. The summed E-state index contributed by atoms with van der Waals surface area (Å²) in [4.78, 5) is 2.56. The van der Waals surface area contributed by atoms with E-state index in [1.165, 1.54) is 31.3 Å². The molecule has 3 heterocycles. The molecule has 3 fully saturated rings. The minimum atomic E-state index is -0.223. The molecule has 0 N–H and O–H groups in total. The van der Waals surface area contributed by atoms with E-state index in [-0.39, 0.29) is 18.3 Å². The van der Waals surface area contributed by atoms with Gasteiger partial charge in [-0.15, -0.1) is 0 Å². The highest BCUT2D eigenvalue weighted by Crippen LogP contribution is 2.40. The molecule has 3 nitrogen and oxygen atoms in total. The molecule has 0 aromatic rings. The minimum absolute atomic E-state index is 0.164. The first-order valence-corrected chi connectivity index (χ1v) is 7.56. The molecule has 0 amide bonds. The zero-order valence-corrected chi connectivity index (χ0v) is 12.9. The lowest BCUT2D eigenvalue weighted by atomic mass is 9.82. The molecule has 3 saturated heterocycles. The first kappa shape index (κ1) is 13.7. The Bertz CT molecular complexity index is 373. The molecule has 2 bridgehead atoms. The highest BCUT2D eigenvalue weighted by molar-refractivity contribution is 6.51. The van der Waals surface area contributed by atoms with Crippen LogP contribution in [-0.2, 0) is 9.31 Å². The lowest BCUT2D eigenvalue weighted by molar-refractivity contribution is 0.00578. The van der Waals surface area contributed by atoms with E-state index in [0.29, 0.717) is 0 Å². The fraction of sp³-hybridized carbons (Fsp3) is 0.867. The SMILES string of the molecule is CN1C2CCC1CC(=CB1OC(C)(C)C(C)(C)O1)C2. The molecule has 0 aromatic heterocycles. The summed E-state index contributed by atoms with van der Waals surface area (Å²) in [5, 5.41) is 0. The van der Waals surface area contributed by atoms with Crippen LogP contribution in [-0.4, -0.2) is 42.4 Å². The third kappa shape index (κ3) is 2.28. The number of fused-ring (bicyclic) bond motifs is 2. The highest BCUT2D eigenvalue weighted by Gasteiger charge is 2.50. The van der Waals surface area contributed by atoms with Crippen LogP contribution < -0.4 is 0 Å². The molecule has 0 aliphatic carbocycles. The fourth-order valence-corrected chi connectivity index (χ4v) is 3.56. The van der Waals surface area contributed by atoms with E-state index in [9.17, 15) is 0 Å². The van der Waals surface area contributed by atoms with Crippen molar-refractivity contribution in [2.24, 2.45) is 0 Å². The Hall–Kier alpha value is -0.315. The number of piperidine rings is 1. The van der Waals surface area contributed by atoms with E-state index in [1.807, 2.05) is 0 Å². The molecule has 0 aromatic carbocycles. The van der Waals surface area contributed by atoms with Crippen LogP contribution in [0.3, 0.4) is 0 Å². The average molecular weight is 263 g/mol. The Balaban J connectivity index is 1.71. The van der Waals surface area contributed by atoms with Crippen LogP contribution in [0.1, 0.15) is 53.4 Å². The Kier molecular flexibility index (Phi) is 3.12. The van der Waals surface area contributed by atoms with Crippen molar-refractivity contribution in [3.8, 4) is 0 Å². The molecular formula is C15H26BNO2. The quantitative estimate of drug-likeness (QED) is 0.679. The maximum absolute atomic E-state index is 6.07. The molecule has 3 rings (SSSR count). The van der Waals surface area contributed by atoms with Gasteiger partial charge in [0, 0.05) is 12.1 Å². The Labute approximate surface area is 117 Å². The van der Waals surface area contributed by atoms with Crippen molar-refractivity contribution in [2.45, 2.75) is 76.7 Å². The fourth-order valence-electron chi connectivity index (χ4n) is 3.56. The zero-order chi connectivity index (χ0) is 13.8. The van der Waals surface area contributed by atoms with E-state index in [4.69, 9.17) is 9.31 Å². The van der Waals surface area contributed by atoms with Crippen molar-refractivity contribution in [3.63, 3.8) is 0 Å². The number of nitrogens with zero attached hydrogens (tertiary/aromatic N) is 1. The molecule has 3 aliphatic rings. The molecule has 4 heteroatoms.